The lowest BCUT2D eigenvalue weighted by molar-refractivity contribution is -0.152. The molecule has 5 nitrogen and oxygen atoms in total. The highest BCUT2D eigenvalue weighted by Crippen LogP contribution is 2.20. The topological polar surface area (TPSA) is 70.4 Å². The number of esters is 1. The summed E-state index contributed by atoms with van der Waals surface area (Å²) in [5.41, 5.74) is 2.41. The molecule has 28 heavy (non-hydrogen) atoms. The van der Waals surface area contributed by atoms with Crippen LogP contribution in [-0.4, -0.2) is 29.9 Å². The summed E-state index contributed by atoms with van der Waals surface area (Å²) in [6.45, 7) is 1.30. The molecule has 0 aromatic heterocycles. The van der Waals surface area contributed by atoms with Crippen LogP contribution in [0.3, 0.4) is 0 Å². The van der Waals surface area contributed by atoms with Crippen LogP contribution in [0, 0.1) is 17.2 Å². The van der Waals surface area contributed by atoms with E-state index in [2.05, 4.69) is 6.07 Å². The minimum Gasteiger partial charge on any atom is -0.461 e. The van der Waals surface area contributed by atoms with E-state index in [0.717, 1.165) is 11.1 Å². The lowest BCUT2D eigenvalue weighted by Gasteiger charge is -2.30. The van der Waals surface area contributed by atoms with Crippen LogP contribution in [0.15, 0.2) is 60.7 Å². The normalized spacial score (nSPS) is 14.6. The predicted molar refractivity (Wildman–Crippen MR) is 106 cm³/mol. The van der Waals surface area contributed by atoms with Crippen molar-refractivity contribution >= 4 is 18.0 Å². The number of piperidine rings is 1. The van der Waals surface area contributed by atoms with Crippen molar-refractivity contribution in [1.82, 2.24) is 4.90 Å². The van der Waals surface area contributed by atoms with E-state index in [1.807, 2.05) is 30.3 Å². The van der Waals surface area contributed by atoms with Crippen molar-refractivity contribution in [3.05, 3.63) is 77.4 Å². The second-order valence-electron chi connectivity index (χ2n) is 6.76. The molecule has 1 aliphatic heterocycles. The van der Waals surface area contributed by atoms with E-state index < -0.39 is 0 Å². The molecule has 1 heterocycles. The number of hydrogen-bond donors (Lipinski definition) is 0. The van der Waals surface area contributed by atoms with Crippen LogP contribution in [0.1, 0.15) is 29.5 Å². The van der Waals surface area contributed by atoms with Crippen molar-refractivity contribution in [2.24, 2.45) is 5.92 Å². The molecule has 2 aromatic carbocycles. The molecule has 0 bridgehead atoms. The standard InChI is InChI=1S/C23H22N2O3/c24-16-19-6-8-20(9-7-19)17-28-23(27)21-12-14-25(15-13-21)22(26)11-10-18-4-2-1-3-5-18/h1-11,21H,12-15,17H2/b11-10+. The zero-order valence-corrected chi connectivity index (χ0v) is 15.6. The molecule has 1 amide bonds. The Morgan fingerprint density at radius 1 is 1.07 bits per heavy atom. The first-order valence-electron chi connectivity index (χ1n) is 9.33. The van der Waals surface area contributed by atoms with E-state index >= 15 is 0 Å². The van der Waals surface area contributed by atoms with Gasteiger partial charge in [0, 0.05) is 19.2 Å². The number of nitriles is 1. The maximum absolute atomic E-state index is 12.3. The number of hydrogen-bond acceptors (Lipinski definition) is 4. The van der Waals surface area contributed by atoms with Gasteiger partial charge in [0.2, 0.25) is 5.91 Å². The van der Waals surface area contributed by atoms with Crippen LogP contribution in [0.5, 0.6) is 0 Å². The summed E-state index contributed by atoms with van der Waals surface area (Å²) in [5, 5.41) is 8.80. The quantitative estimate of drug-likeness (QED) is 0.593. The number of carbonyl (C=O) groups is 2. The molecule has 0 radical (unpaired) electrons. The minimum atomic E-state index is -0.226. The Bertz CT molecular complexity index is 874. The third-order valence-corrected chi connectivity index (χ3v) is 4.82. The average Bonchev–Trinajstić information content (AvgIpc) is 2.77. The summed E-state index contributed by atoms with van der Waals surface area (Å²) in [4.78, 5) is 26.4. The SMILES string of the molecule is N#Cc1ccc(COC(=O)C2CCN(C(=O)/C=C/c3ccccc3)CC2)cc1. The Morgan fingerprint density at radius 3 is 2.39 bits per heavy atom. The Balaban J connectivity index is 1.43. The Kier molecular flexibility index (Phi) is 6.59. The van der Waals surface area contributed by atoms with Gasteiger partial charge in [-0.2, -0.15) is 5.26 Å². The first-order valence-corrected chi connectivity index (χ1v) is 9.33. The predicted octanol–water partition coefficient (Wildman–Crippen LogP) is 3.55. The van der Waals surface area contributed by atoms with Gasteiger partial charge < -0.3 is 9.64 Å². The highest BCUT2D eigenvalue weighted by Gasteiger charge is 2.27. The lowest BCUT2D eigenvalue weighted by Crippen LogP contribution is -2.39. The number of carbonyl (C=O) groups excluding carboxylic acids is 2. The van der Waals surface area contributed by atoms with Gasteiger partial charge in [-0.1, -0.05) is 42.5 Å². The molecular weight excluding hydrogens is 352 g/mol. The molecule has 0 saturated carbocycles. The van der Waals surface area contributed by atoms with Crippen LogP contribution < -0.4 is 0 Å². The molecule has 0 N–H and O–H groups in total. The molecule has 1 fully saturated rings. The Hall–Kier alpha value is -3.39. The number of ether oxygens (including phenoxy) is 1. The highest BCUT2D eigenvalue weighted by molar-refractivity contribution is 5.92. The van der Waals surface area contributed by atoms with E-state index in [-0.39, 0.29) is 24.4 Å². The van der Waals surface area contributed by atoms with Gasteiger partial charge in [-0.3, -0.25) is 9.59 Å². The second-order valence-corrected chi connectivity index (χ2v) is 6.76. The largest absolute Gasteiger partial charge is 0.461 e. The van der Waals surface area contributed by atoms with Gasteiger partial charge in [-0.05, 0) is 42.2 Å². The highest BCUT2D eigenvalue weighted by atomic mass is 16.5. The van der Waals surface area contributed by atoms with Crippen LogP contribution in [0.2, 0.25) is 0 Å². The summed E-state index contributed by atoms with van der Waals surface area (Å²) < 4.78 is 5.40. The van der Waals surface area contributed by atoms with Gasteiger partial charge in [0.1, 0.15) is 6.61 Å². The van der Waals surface area contributed by atoms with Crippen LogP contribution >= 0.6 is 0 Å². The Labute approximate surface area is 164 Å². The number of likely N-dealkylation sites (tertiary alicyclic amines) is 1. The van der Waals surface area contributed by atoms with E-state index in [1.54, 1.807) is 41.3 Å². The molecule has 0 spiro atoms. The van der Waals surface area contributed by atoms with Crippen LogP contribution in [0.25, 0.3) is 6.08 Å². The van der Waals surface area contributed by atoms with Crippen molar-refractivity contribution in [2.45, 2.75) is 19.4 Å². The van der Waals surface area contributed by atoms with E-state index in [0.29, 0.717) is 31.5 Å². The summed E-state index contributed by atoms with van der Waals surface area (Å²) in [6.07, 6.45) is 4.60. The molecule has 0 unspecified atom stereocenters. The molecule has 142 valence electrons. The molecule has 1 aliphatic rings. The maximum atomic E-state index is 12.3. The molecule has 0 aliphatic carbocycles. The number of rotatable bonds is 5. The summed E-state index contributed by atoms with van der Waals surface area (Å²) in [6, 6.07) is 18.7. The first-order chi connectivity index (χ1) is 13.7. The van der Waals surface area contributed by atoms with Crippen molar-refractivity contribution in [3.8, 4) is 6.07 Å². The fourth-order valence-electron chi connectivity index (χ4n) is 3.12. The summed E-state index contributed by atoms with van der Waals surface area (Å²) in [5.74, 6) is -0.440. The third-order valence-electron chi connectivity index (χ3n) is 4.82. The second kappa shape index (κ2) is 9.52. The molecule has 5 heteroatoms. The molecule has 0 atom stereocenters. The van der Waals surface area contributed by atoms with Crippen molar-refractivity contribution < 1.29 is 14.3 Å². The minimum absolute atomic E-state index is 0.0340. The van der Waals surface area contributed by atoms with Crippen LogP contribution in [0.4, 0.5) is 0 Å². The van der Waals surface area contributed by atoms with Crippen molar-refractivity contribution in [2.75, 3.05) is 13.1 Å². The fourth-order valence-corrected chi connectivity index (χ4v) is 3.12. The molecular formula is C23H22N2O3. The third kappa shape index (κ3) is 5.31. The fraction of sp³-hybridized carbons (Fsp3) is 0.261. The van der Waals surface area contributed by atoms with E-state index in [9.17, 15) is 9.59 Å². The van der Waals surface area contributed by atoms with Gasteiger partial charge in [0.15, 0.2) is 0 Å². The summed E-state index contributed by atoms with van der Waals surface area (Å²) >= 11 is 0. The van der Waals surface area contributed by atoms with Gasteiger partial charge in [-0.15, -0.1) is 0 Å². The molecule has 2 aromatic rings. The van der Waals surface area contributed by atoms with E-state index in [4.69, 9.17) is 10.00 Å². The molecule has 1 saturated heterocycles. The smallest absolute Gasteiger partial charge is 0.309 e. The zero-order valence-electron chi connectivity index (χ0n) is 15.6. The average molecular weight is 374 g/mol. The number of benzene rings is 2. The monoisotopic (exact) mass is 374 g/mol. The van der Waals surface area contributed by atoms with Gasteiger partial charge >= 0.3 is 5.97 Å². The molecule has 3 rings (SSSR count). The van der Waals surface area contributed by atoms with E-state index in [1.165, 1.54) is 0 Å². The number of amides is 1. The maximum Gasteiger partial charge on any atom is 0.309 e. The van der Waals surface area contributed by atoms with Crippen molar-refractivity contribution in [1.29, 1.82) is 5.26 Å². The number of nitrogens with zero attached hydrogens (tertiary/aromatic N) is 2. The first kappa shape index (κ1) is 19.4. The van der Waals surface area contributed by atoms with Gasteiger partial charge in [0.05, 0.1) is 17.6 Å². The van der Waals surface area contributed by atoms with Gasteiger partial charge in [-0.25, -0.2) is 0 Å². The Morgan fingerprint density at radius 2 is 1.75 bits per heavy atom. The van der Waals surface area contributed by atoms with Crippen LogP contribution in [-0.2, 0) is 20.9 Å². The lowest BCUT2D eigenvalue weighted by atomic mass is 9.97. The van der Waals surface area contributed by atoms with Gasteiger partial charge in [0.25, 0.3) is 0 Å². The summed E-state index contributed by atoms with van der Waals surface area (Å²) in [7, 11) is 0. The van der Waals surface area contributed by atoms with Crippen molar-refractivity contribution in [3.63, 3.8) is 0 Å². The zero-order chi connectivity index (χ0) is 19.8.